The molecule has 0 aromatic heterocycles. The molecular formula is C11H11F4NO3. The summed E-state index contributed by atoms with van der Waals surface area (Å²) in [4.78, 5) is 10.5. The van der Waals surface area contributed by atoms with Gasteiger partial charge in [-0.05, 0) is 17.7 Å². The van der Waals surface area contributed by atoms with E-state index in [1.165, 1.54) is 12.1 Å². The first-order chi connectivity index (χ1) is 8.72. The lowest BCUT2D eigenvalue weighted by atomic mass is 10.0. The van der Waals surface area contributed by atoms with Gasteiger partial charge in [-0.25, -0.2) is 0 Å². The molecule has 19 heavy (non-hydrogen) atoms. The fourth-order valence-electron chi connectivity index (χ4n) is 1.32. The molecule has 0 heterocycles. The lowest BCUT2D eigenvalue weighted by Gasteiger charge is -2.18. The van der Waals surface area contributed by atoms with E-state index in [1.54, 1.807) is 0 Å². The van der Waals surface area contributed by atoms with Crippen LogP contribution in [0.1, 0.15) is 18.0 Å². The SMILES string of the molecule is NC(CC(=O)O)c1cccc(OC(F)(F)C(F)F)c1. The highest BCUT2D eigenvalue weighted by molar-refractivity contribution is 5.67. The smallest absolute Gasteiger partial charge is 0.461 e. The third-order valence-corrected chi connectivity index (χ3v) is 2.19. The van der Waals surface area contributed by atoms with Gasteiger partial charge in [-0.1, -0.05) is 12.1 Å². The van der Waals surface area contributed by atoms with E-state index < -0.39 is 36.7 Å². The van der Waals surface area contributed by atoms with E-state index in [0.717, 1.165) is 12.1 Å². The van der Waals surface area contributed by atoms with Crippen molar-refractivity contribution in [2.75, 3.05) is 0 Å². The van der Waals surface area contributed by atoms with Gasteiger partial charge < -0.3 is 15.6 Å². The lowest BCUT2D eigenvalue weighted by Crippen LogP contribution is -2.33. The van der Waals surface area contributed by atoms with Crippen LogP contribution in [0.5, 0.6) is 5.75 Å². The Morgan fingerprint density at radius 2 is 2.05 bits per heavy atom. The molecule has 3 N–H and O–H groups in total. The molecule has 0 bridgehead atoms. The first-order valence-corrected chi connectivity index (χ1v) is 5.14. The minimum Gasteiger partial charge on any atom is -0.481 e. The highest BCUT2D eigenvalue weighted by Gasteiger charge is 2.44. The van der Waals surface area contributed by atoms with Crippen LogP contribution in [0.4, 0.5) is 17.6 Å². The van der Waals surface area contributed by atoms with Crippen molar-refractivity contribution in [1.82, 2.24) is 0 Å². The molecule has 0 saturated carbocycles. The highest BCUT2D eigenvalue weighted by Crippen LogP contribution is 2.29. The third kappa shape index (κ3) is 4.40. The minimum absolute atomic E-state index is 0.199. The van der Waals surface area contributed by atoms with Gasteiger partial charge in [-0.2, -0.15) is 17.6 Å². The third-order valence-electron chi connectivity index (χ3n) is 2.19. The zero-order valence-electron chi connectivity index (χ0n) is 9.52. The van der Waals surface area contributed by atoms with Gasteiger partial charge in [0.05, 0.1) is 6.42 Å². The van der Waals surface area contributed by atoms with Gasteiger partial charge >= 0.3 is 18.5 Å². The largest absolute Gasteiger partial charge is 0.481 e. The number of benzene rings is 1. The number of carboxylic acids is 1. The Morgan fingerprint density at radius 3 is 2.58 bits per heavy atom. The van der Waals surface area contributed by atoms with E-state index in [4.69, 9.17) is 10.8 Å². The molecule has 0 aliphatic heterocycles. The van der Waals surface area contributed by atoms with Gasteiger partial charge in [-0.15, -0.1) is 0 Å². The zero-order chi connectivity index (χ0) is 14.6. The van der Waals surface area contributed by atoms with E-state index in [9.17, 15) is 22.4 Å². The quantitative estimate of drug-likeness (QED) is 0.785. The summed E-state index contributed by atoms with van der Waals surface area (Å²) < 4.78 is 53.1. The molecule has 0 amide bonds. The van der Waals surface area contributed by atoms with Crippen molar-refractivity contribution in [3.05, 3.63) is 29.8 Å². The summed E-state index contributed by atoms with van der Waals surface area (Å²) >= 11 is 0. The summed E-state index contributed by atoms with van der Waals surface area (Å²) in [6.45, 7) is 0. The van der Waals surface area contributed by atoms with Gasteiger partial charge in [0, 0.05) is 6.04 Å². The van der Waals surface area contributed by atoms with E-state index in [0.29, 0.717) is 0 Å². The van der Waals surface area contributed by atoms with E-state index in [2.05, 4.69) is 4.74 Å². The predicted molar refractivity (Wildman–Crippen MR) is 57.2 cm³/mol. The number of alkyl halides is 4. The molecule has 0 fully saturated rings. The molecule has 0 aliphatic rings. The molecule has 0 radical (unpaired) electrons. The molecular weight excluding hydrogens is 270 g/mol. The summed E-state index contributed by atoms with van der Waals surface area (Å²) in [5, 5.41) is 8.54. The number of rotatable bonds is 6. The number of nitrogens with two attached hydrogens (primary N) is 1. The van der Waals surface area contributed by atoms with Crippen molar-refractivity contribution >= 4 is 5.97 Å². The van der Waals surface area contributed by atoms with Crippen LogP contribution < -0.4 is 10.5 Å². The summed E-state index contributed by atoms with van der Waals surface area (Å²) in [6.07, 6.45) is -9.01. The first-order valence-electron chi connectivity index (χ1n) is 5.14. The van der Waals surface area contributed by atoms with Crippen molar-refractivity contribution in [2.45, 2.75) is 25.0 Å². The van der Waals surface area contributed by atoms with Crippen molar-refractivity contribution in [3.63, 3.8) is 0 Å². The van der Waals surface area contributed by atoms with Crippen LogP contribution in [-0.2, 0) is 4.79 Å². The standard InChI is InChI=1S/C11H11F4NO3/c12-10(13)11(14,15)19-7-3-1-2-6(4-7)8(16)5-9(17)18/h1-4,8,10H,5,16H2,(H,17,18). The Balaban J connectivity index is 2.86. The van der Waals surface area contributed by atoms with Gasteiger partial charge in [0.1, 0.15) is 5.75 Å². The molecule has 0 saturated heterocycles. The molecule has 1 atom stereocenters. The van der Waals surface area contributed by atoms with Crippen LogP contribution in [0.25, 0.3) is 0 Å². The summed E-state index contributed by atoms with van der Waals surface area (Å²) in [5.41, 5.74) is 5.72. The van der Waals surface area contributed by atoms with Crippen molar-refractivity contribution < 1.29 is 32.2 Å². The Labute approximate surface area is 105 Å². The number of hydrogen-bond acceptors (Lipinski definition) is 3. The average molecular weight is 281 g/mol. The van der Waals surface area contributed by atoms with Crippen LogP contribution in [0.15, 0.2) is 24.3 Å². The second-order valence-corrected chi connectivity index (χ2v) is 3.74. The Hall–Kier alpha value is -1.83. The second-order valence-electron chi connectivity index (χ2n) is 3.74. The molecule has 1 unspecified atom stereocenters. The number of carboxylic acid groups (broad SMARTS) is 1. The van der Waals surface area contributed by atoms with Crippen LogP contribution in [0.2, 0.25) is 0 Å². The topological polar surface area (TPSA) is 72.6 Å². The van der Waals surface area contributed by atoms with Crippen LogP contribution in [0.3, 0.4) is 0 Å². The number of ether oxygens (including phenoxy) is 1. The molecule has 1 rings (SSSR count). The normalized spacial score (nSPS) is 13.4. The van der Waals surface area contributed by atoms with Crippen molar-refractivity contribution in [2.24, 2.45) is 5.73 Å². The molecule has 8 heteroatoms. The summed E-state index contributed by atoms with van der Waals surface area (Å²) in [5.74, 6) is -1.68. The maximum atomic E-state index is 12.7. The molecule has 0 aliphatic carbocycles. The number of carbonyl (C=O) groups is 1. The molecule has 4 nitrogen and oxygen atoms in total. The van der Waals surface area contributed by atoms with E-state index >= 15 is 0 Å². The molecule has 1 aromatic carbocycles. The van der Waals surface area contributed by atoms with Crippen LogP contribution in [0, 0.1) is 0 Å². The molecule has 0 spiro atoms. The van der Waals surface area contributed by atoms with Gasteiger partial charge in [-0.3, -0.25) is 4.79 Å². The summed E-state index contributed by atoms with van der Waals surface area (Å²) in [7, 11) is 0. The Bertz CT molecular complexity index is 453. The van der Waals surface area contributed by atoms with Gasteiger partial charge in [0.2, 0.25) is 0 Å². The number of aliphatic carboxylic acids is 1. The monoisotopic (exact) mass is 281 g/mol. The summed E-state index contributed by atoms with van der Waals surface area (Å²) in [6, 6.07) is 3.76. The van der Waals surface area contributed by atoms with Gasteiger partial charge in [0.25, 0.3) is 0 Å². The highest BCUT2D eigenvalue weighted by atomic mass is 19.3. The van der Waals surface area contributed by atoms with E-state index in [-0.39, 0.29) is 5.56 Å². The fourth-order valence-corrected chi connectivity index (χ4v) is 1.32. The van der Waals surface area contributed by atoms with Crippen molar-refractivity contribution in [3.8, 4) is 5.75 Å². The zero-order valence-corrected chi connectivity index (χ0v) is 9.52. The van der Waals surface area contributed by atoms with Gasteiger partial charge in [0.15, 0.2) is 0 Å². The lowest BCUT2D eigenvalue weighted by molar-refractivity contribution is -0.253. The van der Waals surface area contributed by atoms with Crippen LogP contribution >= 0.6 is 0 Å². The number of halogens is 4. The van der Waals surface area contributed by atoms with Crippen molar-refractivity contribution in [1.29, 1.82) is 0 Å². The van der Waals surface area contributed by atoms with Crippen LogP contribution in [-0.4, -0.2) is 23.6 Å². The average Bonchev–Trinajstić information content (AvgIpc) is 2.27. The first kappa shape index (κ1) is 15.2. The number of hydrogen-bond donors (Lipinski definition) is 2. The minimum atomic E-state index is -4.62. The maximum Gasteiger partial charge on any atom is 0.461 e. The Kier molecular flexibility index (Phi) is 4.71. The molecule has 1 aromatic rings. The molecule has 106 valence electrons. The fraction of sp³-hybridized carbons (Fsp3) is 0.364. The Morgan fingerprint density at radius 1 is 1.42 bits per heavy atom. The predicted octanol–water partition coefficient (Wildman–Crippen LogP) is 2.40. The maximum absolute atomic E-state index is 12.7. The van der Waals surface area contributed by atoms with E-state index in [1.807, 2.05) is 0 Å². The second kappa shape index (κ2) is 5.87.